The maximum Gasteiger partial charge on any atom is 0.277 e. The molecule has 1 fully saturated rings. The van der Waals surface area contributed by atoms with Crippen molar-refractivity contribution in [1.82, 2.24) is 15.1 Å². The summed E-state index contributed by atoms with van der Waals surface area (Å²) in [6.45, 7) is 0.603. The zero-order chi connectivity index (χ0) is 19.3. The zero-order valence-electron chi connectivity index (χ0n) is 15.0. The van der Waals surface area contributed by atoms with E-state index >= 15 is 0 Å². The lowest BCUT2D eigenvalue weighted by atomic mass is 10.2. The molecule has 1 aliphatic rings. The van der Waals surface area contributed by atoms with E-state index in [-0.39, 0.29) is 22.9 Å². The monoisotopic (exact) mass is 415 g/mol. The van der Waals surface area contributed by atoms with E-state index in [1.165, 1.54) is 17.8 Å². The third kappa shape index (κ3) is 4.39. The topological polar surface area (TPSA) is 59.2 Å². The zero-order valence-corrected chi connectivity index (χ0v) is 16.6. The molecule has 1 aliphatic heterocycles. The molecule has 0 spiro atoms. The van der Waals surface area contributed by atoms with E-state index in [1.54, 1.807) is 34.9 Å². The van der Waals surface area contributed by atoms with Gasteiger partial charge in [0.25, 0.3) is 5.22 Å². The molecular weight excluding hydrogens is 397 g/mol. The second kappa shape index (κ2) is 8.79. The van der Waals surface area contributed by atoms with Crippen molar-refractivity contribution in [3.63, 3.8) is 0 Å². The highest BCUT2D eigenvalue weighted by Crippen LogP contribution is 2.39. The second-order valence-corrected chi connectivity index (χ2v) is 8.36. The molecule has 1 unspecified atom stereocenters. The number of nitrogens with zero attached hydrogens (tertiary/aromatic N) is 3. The van der Waals surface area contributed by atoms with Crippen LogP contribution in [0.25, 0.3) is 0 Å². The number of carbonyl (C=O) groups is 1. The van der Waals surface area contributed by atoms with E-state index in [9.17, 15) is 9.18 Å². The fourth-order valence-corrected chi connectivity index (χ4v) is 4.97. The molecule has 2 heterocycles. The van der Waals surface area contributed by atoms with Crippen LogP contribution in [0.1, 0.15) is 22.4 Å². The molecule has 8 heteroatoms. The molecule has 3 aromatic rings. The number of halogens is 1. The lowest BCUT2D eigenvalue weighted by Gasteiger charge is -2.24. The van der Waals surface area contributed by atoms with Crippen LogP contribution in [0.4, 0.5) is 4.39 Å². The predicted molar refractivity (Wildman–Crippen MR) is 108 cm³/mol. The maximum atomic E-state index is 14.1. The summed E-state index contributed by atoms with van der Waals surface area (Å²) in [5.41, 5.74) is 1.63. The van der Waals surface area contributed by atoms with Crippen molar-refractivity contribution in [2.24, 2.45) is 0 Å². The number of carbonyl (C=O) groups excluding carboxylic acids is 1. The summed E-state index contributed by atoms with van der Waals surface area (Å²) in [5, 5.41) is 8.14. The molecular formula is C20H18FN3O2S2. The Bertz CT molecular complexity index is 951. The van der Waals surface area contributed by atoms with Gasteiger partial charge in [0.05, 0.1) is 12.2 Å². The fourth-order valence-electron chi connectivity index (χ4n) is 3.00. The highest BCUT2D eigenvalue weighted by Gasteiger charge is 2.32. The largest absolute Gasteiger partial charge is 0.416 e. The van der Waals surface area contributed by atoms with Gasteiger partial charge >= 0.3 is 0 Å². The van der Waals surface area contributed by atoms with E-state index in [0.717, 1.165) is 11.3 Å². The third-order valence-corrected chi connectivity index (χ3v) is 6.39. The Labute approximate surface area is 170 Å². The van der Waals surface area contributed by atoms with Crippen molar-refractivity contribution in [3.8, 4) is 0 Å². The van der Waals surface area contributed by atoms with Gasteiger partial charge in [-0.1, -0.05) is 60.3 Å². The second-order valence-electron chi connectivity index (χ2n) is 6.24. The molecule has 1 aromatic heterocycles. The van der Waals surface area contributed by atoms with Gasteiger partial charge in [0.1, 0.15) is 11.2 Å². The lowest BCUT2D eigenvalue weighted by Crippen LogP contribution is -2.32. The summed E-state index contributed by atoms with van der Waals surface area (Å²) < 4.78 is 19.8. The standard InChI is InChI=1S/C20H18FN3O2S2/c21-16-9-5-4-8-15(16)19-24(10-11-27-19)18(25)13-28-20-23-22-17(26-20)12-14-6-2-1-3-7-14/h1-9,19H,10-13H2. The van der Waals surface area contributed by atoms with Crippen LogP contribution >= 0.6 is 23.5 Å². The summed E-state index contributed by atoms with van der Waals surface area (Å²) >= 11 is 2.79. The molecule has 0 radical (unpaired) electrons. The van der Waals surface area contributed by atoms with Gasteiger partial charge in [-0.3, -0.25) is 4.79 Å². The van der Waals surface area contributed by atoms with Crippen LogP contribution in [0, 0.1) is 5.82 Å². The first-order valence-corrected chi connectivity index (χ1v) is 10.9. The molecule has 28 heavy (non-hydrogen) atoms. The van der Waals surface area contributed by atoms with Crippen LogP contribution in [-0.2, 0) is 11.2 Å². The molecule has 144 valence electrons. The number of rotatable bonds is 6. The van der Waals surface area contributed by atoms with Gasteiger partial charge < -0.3 is 9.32 Å². The van der Waals surface area contributed by atoms with Gasteiger partial charge in [-0.05, 0) is 11.6 Å². The Hall–Kier alpha value is -2.32. The number of hydrogen-bond donors (Lipinski definition) is 0. The predicted octanol–water partition coefficient (Wildman–Crippen LogP) is 4.17. The van der Waals surface area contributed by atoms with Gasteiger partial charge in [0.2, 0.25) is 11.8 Å². The molecule has 4 rings (SSSR count). The average molecular weight is 416 g/mol. The minimum Gasteiger partial charge on any atom is -0.416 e. The summed E-state index contributed by atoms with van der Waals surface area (Å²) in [7, 11) is 0. The van der Waals surface area contributed by atoms with Gasteiger partial charge in [-0.25, -0.2) is 4.39 Å². The van der Waals surface area contributed by atoms with Crippen LogP contribution in [0.15, 0.2) is 64.2 Å². The fraction of sp³-hybridized carbons (Fsp3) is 0.250. The Morgan fingerprint density at radius 1 is 1.18 bits per heavy atom. The summed E-state index contributed by atoms with van der Waals surface area (Å²) in [6.07, 6.45) is 0.556. The van der Waals surface area contributed by atoms with E-state index in [4.69, 9.17) is 4.42 Å². The van der Waals surface area contributed by atoms with Crippen molar-refractivity contribution in [3.05, 3.63) is 77.4 Å². The molecule has 0 bridgehead atoms. The average Bonchev–Trinajstić information content (AvgIpc) is 3.37. The number of thioether (sulfide) groups is 2. The molecule has 1 atom stereocenters. The number of aromatic nitrogens is 2. The van der Waals surface area contributed by atoms with Crippen molar-refractivity contribution in [1.29, 1.82) is 0 Å². The third-order valence-electron chi connectivity index (χ3n) is 4.35. The SMILES string of the molecule is O=C(CSc1nnc(Cc2ccccc2)o1)N1CCSC1c1ccccc1F. The highest BCUT2D eigenvalue weighted by atomic mass is 32.2. The maximum absolute atomic E-state index is 14.1. The Morgan fingerprint density at radius 3 is 2.79 bits per heavy atom. The van der Waals surface area contributed by atoms with E-state index in [2.05, 4.69) is 10.2 Å². The Kier molecular flexibility index (Phi) is 5.97. The Balaban J connectivity index is 1.36. The van der Waals surface area contributed by atoms with Crippen LogP contribution in [0.2, 0.25) is 0 Å². The Morgan fingerprint density at radius 2 is 1.96 bits per heavy atom. The van der Waals surface area contributed by atoms with Crippen LogP contribution in [0.3, 0.4) is 0 Å². The van der Waals surface area contributed by atoms with Crippen LogP contribution < -0.4 is 0 Å². The molecule has 5 nitrogen and oxygen atoms in total. The lowest BCUT2D eigenvalue weighted by molar-refractivity contribution is -0.128. The molecule has 0 aliphatic carbocycles. The van der Waals surface area contributed by atoms with Gasteiger partial charge in [-0.2, -0.15) is 0 Å². The molecule has 1 saturated heterocycles. The molecule has 2 aromatic carbocycles. The van der Waals surface area contributed by atoms with E-state index in [1.807, 2.05) is 30.3 Å². The normalized spacial score (nSPS) is 16.5. The quantitative estimate of drug-likeness (QED) is 0.564. The van der Waals surface area contributed by atoms with Crippen molar-refractivity contribution >= 4 is 29.4 Å². The number of benzene rings is 2. The minimum atomic E-state index is -0.286. The smallest absolute Gasteiger partial charge is 0.277 e. The molecule has 0 saturated carbocycles. The molecule has 0 N–H and O–H groups in total. The first-order valence-electron chi connectivity index (χ1n) is 8.85. The first-order chi connectivity index (χ1) is 13.7. The summed E-state index contributed by atoms with van der Waals surface area (Å²) in [4.78, 5) is 14.4. The highest BCUT2D eigenvalue weighted by molar-refractivity contribution is 8.00. The van der Waals surface area contributed by atoms with E-state index < -0.39 is 0 Å². The summed E-state index contributed by atoms with van der Waals surface area (Å²) in [6, 6.07) is 16.5. The van der Waals surface area contributed by atoms with Crippen LogP contribution in [0.5, 0.6) is 0 Å². The van der Waals surface area contributed by atoms with Crippen LogP contribution in [-0.4, -0.2) is 39.1 Å². The van der Waals surface area contributed by atoms with Gasteiger partial charge in [0.15, 0.2) is 0 Å². The van der Waals surface area contributed by atoms with Gasteiger partial charge in [-0.15, -0.1) is 22.0 Å². The minimum absolute atomic E-state index is 0.0638. The summed E-state index contributed by atoms with van der Waals surface area (Å²) in [5.74, 6) is 1.14. The number of hydrogen-bond acceptors (Lipinski definition) is 6. The van der Waals surface area contributed by atoms with Gasteiger partial charge in [0, 0.05) is 17.9 Å². The molecule has 1 amide bonds. The first kappa shape index (κ1) is 19.0. The van der Waals surface area contributed by atoms with E-state index in [0.29, 0.717) is 29.6 Å². The van der Waals surface area contributed by atoms with Crippen molar-refractivity contribution < 1.29 is 13.6 Å². The van der Waals surface area contributed by atoms with Crippen molar-refractivity contribution in [2.45, 2.75) is 17.0 Å². The number of amides is 1. The van der Waals surface area contributed by atoms with Crippen molar-refractivity contribution in [2.75, 3.05) is 18.1 Å².